The number of hydrogen-bond acceptors (Lipinski definition) is 4. The van der Waals surface area contributed by atoms with Gasteiger partial charge in [-0.05, 0) is 18.6 Å². The number of benzene rings is 1. The fraction of sp³-hybridized carbons (Fsp3) is 0.333. The van der Waals surface area contributed by atoms with Crippen molar-refractivity contribution in [3.8, 4) is 11.8 Å². The van der Waals surface area contributed by atoms with Crippen molar-refractivity contribution in [1.82, 2.24) is 0 Å². The van der Waals surface area contributed by atoms with Crippen LogP contribution < -0.4 is 4.74 Å². The summed E-state index contributed by atoms with van der Waals surface area (Å²) in [6.45, 7) is 2.05. The third kappa shape index (κ3) is 3.11. The van der Waals surface area contributed by atoms with Crippen LogP contribution in [0.25, 0.3) is 0 Å². The molecule has 17 heavy (non-hydrogen) atoms. The van der Waals surface area contributed by atoms with Gasteiger partial charge >= 0.3 is 5.97 Å². The second-order valence-electron chi connectivity index (χ2n) is 3.21. The maximum Gasteiger partial charge on any atom is 0.310 e. The van der Waals surface area contributed by atoms with Crippen LogP contribution in [0.3, 0.4) is 0 Å². The second-order valence-corrected chi connectivity index (χ2v) is 3.59. The van der Waals surface area contributed by atoms with Crippen molar-refractivity contribution in [2.75, 3.05) is 13.7 Å². The highest BCUT2D eigenvalue weighted by atomic mass is 35.5. The van der Waals surface area contributed by atoms with Crippen molar-refractivity contribution < 1.29 is 14.3 Å². The minimum atomic E-state index is -0.372. The SMILES string of the molecule is CCOC(=O)Cc1ccc(OC)c(C#N)c1Cl. The number of esters is 1. The average molecular weight is 254 g/mol. The molecule has 0 amide bonds. The predicted octanol–water partition coefficient (Wildman–Crippen LogP) is 2.33. The summed E-state index contributed by atoms with van der Waals surface area (Å²) >= 11 is 6.03. The van der Waals surface area contributed by atoms with Gasteiger partial charge in [0.2, 0.25) is 0 Å². The number of nitrogens with zero attached hydrogens (tertiary/aromatic N) is 1. The van der Waals surface area contributed by atoms with E-state index in [0.29, 0.717) is 17.9 Å². The van der Waals surface area contributed by atoms with Gasteiger partial charge in [-0.25, -0.2) is 0 Å². The Kier molecular flexibility index (Phi) is 4.80. The average Bonchev–Trinajstić information content (AvgIpc) is 2.31. The lowest BCUT2D eigenvalue weighted by molar-refractivity contribution is -0.142. The van der Waals surface area contributed by atoms with Crippen LogP contribution in [0.15, 0.2) is 12.1 Å². The molecule has 0 saturated heterocycles. The first-order valence-electron chi connectivity index (χ1n) is 5.05. The molecule has 1 rings (SSSR count). The Bertz CT molecular complexity index is 466. The molecular weight excluding hydrogens is 242 g/mol. The zero-order chi connectivity index (χ0) is 12.8. The molecule has 1 aromatic rings. The summed E-state index contributed by atoms with van der Waals surface area (Å²) in [7, 11) is 1.46. The smallest absolute Gasteiger partial charge is 0.310 e. The number of carbonyl (C=O) groups excluding carboxylic acids is 1. The summed E-state index contributed by atoms with van der Waals surface area (Å²) in [6.07, 6.45) is 0.0470. The van der Waals surface area contributed by atoms with Crippen LogP contribution in [0, 0.1) is 11.3 Å². The summed E-state index contributed by atoms with van der Waals surface area (Å²) in [4.78, 5) is 11.3. The summed E-state index contributed by atoms with van der Waals surface area (Å²) in [6, 6.07) is 5.21. The van der Waals surface area contributed by atoms with Gasteiger partial charge in [0.15, 0.2) is 0 Å². The molecule has 0 N–H and O–H groups in total. The minimum Gasteiger partial charge on any atom is -0.495 e. The molecule has 0 bridgehead atoms. The van der Waals surface area contributed by atoms with Gasteiger partial charge in [-0.1, -0.05) is 17.7 Å². The number of methoxy groups -OCH3 is 1. The van der Waals surface area contributed by atoms with Gasteiger partial charge < -0.3 is 9.47 Å². The molecule has 0 atom stereocenters. The van der Waals surface area contributed by atoms with E-state index in [1.165, 1.54) is 7.11 Å². The van der Waals surface area contributed by atoms with Gasteiger partial charge in [0.25, 0.3) is 0 Å². The van der Waals surface area contributed by atoms with E-state index < -0.39 is 0 Å². The van der Waals surface area contributed by atoms with Gasteiger partial charge in [0.1, 0.15) is 17.4 Å². The van der Waals surface area contributed by atoms with E-state index in [1.807, 2.05) is 6.07 Å². The van der Waals surface area contributed by atoms with E-state index in [1.54, 1.807) is 19.1 Å². The van der Waals surface area contributed by atoms with Crippen molar-refractivity contribution in [3.63, 3.8) is 0 Å². The van der Waals surface area contributed by atoms with Crippen molar-refractivity contribution in [3.05, 3.63) is 28.3 Å². The van der Waals surface area contributed by atoms with E-state index in [-0.39, 0.29) is 23.0 Å². The third-order valence-corrected chi connectivity index (χ3v) is 2.59. The van der Waals surface area contributed by atoms with Crippen LogP contribution in [0.2, 0.25) is 5.02 Å². The number of halogens is 1. The van der Waals surface area contributed by atoms with Crippen molar-refractivity contribution in [2.24, 2.45) is 0 Å². The molecule has 1 aromatic carbocycles. The number of nitriles is 1. The topological polar surface area (TPSA) is 59.3 Å². The van der Waals surface area contributed by atoms with Gasteiger partial charge in [-0.2, -0.15) is 5.26 Å². The second kappa shape index (κ2) is 6.12. The van der Waals surface area contributed by atoms with E-state index in [0.717, 1.165) is 0 Å². The fourth-order valence-corrected chi connectivity index (χ4v) is 1.65. The minimum absolute atomic E-state index is 0.0470. The Morgan fingerprint density at radius 2 is 2.24 bits per heavy atom. The summed E-state index contributed by atoms with van der Waals surface area (Å²) < 4.78 is 9.82. The van der Waals surface area contributed by atoms with Crippen molar-refractivity contribution in [2.45, 2.75) is 13.3 Å². The molecule has 0 aliphatic heterocycles. The molecule has 0 aliphatic carbocycles. The largest absolute Gasteiger partial charge is 0.495 e. The summed E-state index contributed by atoms with van der Waals surface area (Å²) in [5.74, 6) is 0.0218. The highest BCUT2D eigenvalue weighted by Crippen LogP contribution is 2.29. The maximum atomic E-state index is 11.3. The number of rotatable bonds is 4. The highest BCUT2D eigenvalue weighted by molar-refractivity contribution is 6.32. The van der Waals surface area contributed by atoms with Crippen LogP contribution in [-0.2, 0) is 16.0 Å². The van der Waals surface area contributed by atoms with Gasteiger partial charge in [0.05, 0.1) is 25.2 Å². The molecule has 5 heteroatoms. The molecule has 0 fully saturated rings. The number of carbonyl (C=O) groups is 1. The van der Waals surface area contributed by atoms with Gasteiger partial charge in [-0.15, -0.1) is 0 Å². The van der Waals surface area contributed by atoms with E-state index in [2.05, 4.69) is 0 Å². The van der Waals surface area contributed by atoms with Crippen LogP contribution in [0.5, 0.6) is 5.75 Å². The maximum absolute atomic E-state index is 11.3. The van der Waals surface area contributed by atoms with Crippen LogP contribution in [0.4, 0.5) is 0 Å². The van der Waals surface area contributed by atoms with Gasteiger partial charge in [0, 0.05) is 0 Å². The molecular formula is C12H12ClNO3. The molecule has 4 nitrogen and oxygen atoms in total. The Morgan fingerprint density at radius 3 is 2.76 bits per heavy atom. The highest BCUT2D eigenvalue weighted by Gasteiger charge is 2.14. The van der Waals surface area contributed by atoms with Crippen LogP contribution in [0.1, 0.15) is 18.1 Å². The first kappa shape index (κ1) is 13.3. The molecule has 90 valence electrons. The molecule has 0 unspecified atom stereocenters. The lowest BCUT2D eigenvalue weighted by atomic mass is 10.1. The molecule has 0 radical (unpaired) electrons. The molecule has 0 saturated carbocycles. The Balaban J connectivity index is 3.04. The normalized spacial score (nSPS) is 9.53. The Labute approximate surface area is 105 Å². The molecule has 0 spiro atoms. The van der Waals surface area contributed by atoms with Crippen molar-refractivity contribution >= 4 is 17.6 Å². The van der Waals surface area contributed by atoms with E-state index in [4.69, 9.17) is 26.3 Å². The van der Waals surface area contributed by atoms with E-state index >= 15 is 0 Å². The van der Waals surface area contributed by atoms with Crippen LogP contribution >= 0.6 is 11.6 Å². The predicted molar refractivity (Wildman–Crippen MR) is 63.1 cm³/mol. The molecule has 0 heterocycles. The van der Waals surface area contributed by atoms with Crippen molar-refractivity contribution in [1.29, 1.82) is 5.26 Å². The van der Waals surface area contributed by atoms with E-state index in [9.17, 15) is 4.79 Å². The third-order valence-electron chi connectivity index (χ3n) is 2.16. The van der Waals surface area contributed by atoms with Gasteiger partial charge in [-0.3, -0.25) is 4.79 Å². The summed E-state index contributed by atoms with van der Waals surface area (Å²) in [5, 5.41) is 9.20. The first-order chi connectivity index (χ1) is 8.13. The fourth-order valence-electron chi connectivity index (χ4n) is 1.38. The number of ether oxygens (including phenoxy) is 2. The monoisotopic (exact) mass is 253 g/mol. The lowest BCUT2D eigenvalue weighted by Gasteiger charge is -2.08. The lowest BCUT2D eigenvalue weighted by Crippen LogP contribution is -2.08. The zero-order valence-electron chi connectivity index (χ0n) is 9.62. The Morgan fingerprint density at radius 1 is 1.53 bits per heavy atom. The quantitative estimate of drug-likeness (QED) is 0.773. The number of hydrogen-bond donors (Lipinski definition) is 0. The Hall–Kier alpha value is -1.73. The summed E-state index contributed by atoms with van der Waals surface area (Å²) in [5.41, 5.74) is 0.790. The first-order valence-corrected chi connectivity index (χ1v) is 5.42. The molecule has 0 aliphatic rings. The zero-order valence-corrected chi connectivity index (χ0v) is 10.4. The molecule has 0 aromatic heterocycles. The van der Waals surface area contributed by atoms with Crippen LogP contribution in [-0.4, -0.2) is 19.7 Å². The standard InChI is InChI=1S/C12H12ClNO3/c1-3-17-11(15)6-8-4-5-10(16-2)9(7-14)12(8)13/h4-5H,3,6H2,1-2H3.